The minimum absolute atomic E-state index is 0.0695. The first-order valence-corrected chi connectivity index (χ1v) is 6.63. The lowest BCUT2D eigenvalue weighted by atomic mass is 9.99. The standard InChI is InChI=1S/C15H23NO3/c1-17-14-12-16(10-9-15(14,18-2)19-3)11-13-7-5-4-6-8-13/h4-8,14H,9-12H2,1-3H3. The number of piperidine rings is 1. The Balaban J connectivity index is 2.01. The van der Waals surface area contributed by atoms with Crippen molar-refractivity contribution in [3.63, 3.8) is 0 Å². The van der Waals surface area contributed by atoms with Crippen molar-refractivity contribution in [1.29, 1.82) is 0 Å². The Morgan fingerprint density at radius 3 is 2.42 bits per heavy atom. The van der Waals surface area contributed by atoms with Crippen LogP contribution in [0.25, 0.3) is 0 Å². The van der Waals surface area contributed by atoms with Gasteiger partial charge in [-0.3, -0.25) is 4.90 Å². The number of ether oxygens (including phenoxy) is 3. The summed E-state index contributed by atoms with van der Waals surface area (Å²) in [5, 5.41) is 0. The Morgan fingerprint density at radius 1 is 1.16 bits per heavy atom. The van der Waals surface area contributed by atoms with Crippen LogP contribution in [0.3, 0.4) is 0 Å². The SMILES string of the molecule is COC1CN(Cc2ccccc2)CCC1(OC)OC. The molecular formula is C15H23NO3. The van der Waals surface area contributed by atoms with E-state index in [2.05, 4.69) is 29.2 Å². The third-order valence-corrected chi connectivity index (χ3v) is 3.92. The molecule has 1 aliphatic rings. The van der Waals surface area contributed by atoms with Gasteiger partial charge in [0.15, 0.2) is 5.79 Å². The van der Waals surface area contributed by atoms with Gasteiger partial charge in [0.1, 0.15) is 6.10 Å². The van der Waals surface area contributed by atoms with Crippen molar-refractivity contribution >= 4 is 0 Å². The summed E-state index contributed by atoms with van der Waals surface area (Å²) in [6, 6.07) is 10.5. The quantitative estimate of drug-likeness (QED) is 0.761. The third kappa shape index (κ3) is 3.15. The normalized spacial score (nSPS) is 23.4. The van der Waals surface area contributed by atoms with Crippen LogP contribution in [0.15, 0.2) is 30.3 Å². The monoisotopic (exact) mass is 265 g/mol. The van der Waals surface area contributed by atoms with Gasteiger partial charge in [0, 0.05) is 47.4 Å². The molecule has 0 aromatic heterocycles. The molecule has 0 amide bonds. The summed E-state index contributed by atoms with van der Waals surface area (Å²) in [6.45, 7) is 2.69. The highest BCUT2D eigenvalue weighted by atomic mass is 16.7. The van der Waals surface area contributed by atoms with Crippen LogP contribution in [-0.4, -0.2) is 51.2 Å². The van der Waals surface area contributed by atoms with Crippen LogP contribution in [0.2, 0.25) is 0 Å². The van der Waals surface area contributed by atoms with Crippen LogP contribution in [0.4, 0.5) is 0 Å². The second-order valence-electron chi connectivity index (χ2n) is 4.92. The molecule has 1 atom stereocenters. The topological polar surface area (TPSA) is 30.9 Å². The first kappa shape index (κ1) is 14.5. The molecule has 1 saturated heterocycles. The maximum atomic E-state index is 5.57. The highest BCUT2D eigenvalue weighted by molar-refractivity contribution is 5.14. The van der Waals surface area contributed by atoms with Gasteiger partial charge < -0.3 is 14.2 Å². The van der Waals surface area contributed by atoms with Crippen LogP contribution >= 0.6 is 0 Å². The lowest BCUT2D eigenvalue weighted by Gasteiger charge is -2.44. The largest absolute Gasteiger partial charge is 0.374 e. The molecule has 0 spiro atoms. The van der Waals surface area contributed by atoms with Crippen molar-refractivity contribution in [3.8, 4) is 0 Å². The third-order valence-electron chi connectivity index (χ3n) is 3.92. The molecule has 0 radical (unpaired) electrons. The van der Waals surface area contributed by atoms with Gasteiger partial charge in [0.2, 0.25) is 0 Å². The number of rotatable bonds is 5. The molecule has 106 valence electrons. The predicted octanol–water partition coefficient (Wildman–Crippen LogP) is 1.90. The fraction of sp³-hybridized carbons (Fsp3) is 0.600. The minimum atomic E-state index is -0.609. The van der Waals surface area contributed by atoms with Crippen LogP contribution in [0.1, 0.15) is 12.0 Å². The minimum Gasteiger partial charge on any atom is -0.374 e. The van der Waals surface area contributed by atoms with E-state index in [1.165, 1.54) is 5.56 Å². The predicted molar refractivity (Wildman–Crippen MR) is 73.9 cm³/mol. The van der Waals surface area contributed by atoms with E-state index in [0.29, 0.717) is 0 Å². The fourth-order valence-electron chi connectivity index (χ4n) is 2.73. The lowest BCUT2D eigenvalue weighted by molar-refractivity contribution is -0.284. The molecule has 2 rings (SSSR count). The maximum absolute atomic E-state index is 5.57. The highest BCUT2D eigenvalue weighted by Crippen LogP contribution is 2.29. The Kier molecular flexibility index (Phi) is 4.93. The molecule has 1 unspecified atom stereocenters. The van der Waals surface area contributed by atoms with E-state index in [-0.39, 0.29) is 6.10 Å². The number of hydrogen-bond donors (Lipinski definition) is 0. The van der Waals surface area contributed by atoms with Crippen LogP contribution < -0.4 is 0 Å². The molecular weight excluding hydrogens is 242 g/mol. The smallest absolute Gasteiger partial charge is 0.196 e. The van der Waals surface area contributed by atoms with Gasteiger partial charge in [-0.05, 0) is 5.56 Å². The lowest BCUT2D eigenvalue weighted by Crippen LogP contribution is -2.58. The summed E-state index contributed by atoms with van der Waals surface area (Å²) < 4.78 is 16.7. The molecule has 1 aromatic carbocycles. The van der Waals surface area contributed by atoms with Gasteiger partial charge in [-0.25, -0.2) is 0 Å². The molecule has 0 saturated carbocycles. The summed E-state index contributed by atoms with van der Waals surface area (Å²) >= 11 is 0. The zero-order valence-corrected chi connectivity index (χ0v) is 12.0. The zero-order chi connectivity index (χ0) is 13.7. The average molecular weight is 265 g/mol. The van der Waals surface area contributed by atoms with Gasteiger partial charge in [-0.1, -0.05) is 30.3 Å². The van der Waals surface area contributed by atoms with Crippen LogP contribution in [0, 0.1) is 0 Å². The number of likely N-dealkylation sites (tertiary alicyclic amines) is 1. The fourth-order valence-corrected chi connectivity index (χ4v) is 2.73. The van der Waals surface area contributed by atoms with Gasteiger partial charge in [0.05, 0.1) is 0 Å². The van der Waals surface area contributed by atoms with Crippen molar-refractivity contribution in [2.75, 3.05) is 34.4 Å². The number of benzene rings is 1. The van der Waals surface area contributed by atoms with E-state index in [0.717, 1.165) is 26.1 Å². The van der Waals surface area contributed by atoms with Crippen molar-refractivity contribution in [2.24, 2.45) is 0 Å². The Labute approximate surface area is 115 Å². The molecule has 4 heteroatoms. The summed E-state index contributed by atoms with van der Waals surface area (Å²) in [7, 11) is 5.08. The molecule has 1 aromatic rings. The molecule has 1 aliphatic heterocycles. The van der Waals surface area contributed by atoms with Gasteiger partial charge in [0.25, 0.3) is 0 Å². The second-order valence-corrected chi connectivity index (χ2v) is 4.92. The van der Waals surface area contributed by atoms with Gasteiger partial charge >= 0.3 is 0 Å². The molecule has 4 nitrogen and oxygen atoms in total. The average Bonchev–Trinajstić information content (AvgIpc) is 2.48. The van der Waals surface area contributed by atoms with Crippen molar-refractivity contribution in [1.82, 2.24) is 4.90 Å². The number of methoxy groups -OCH3 is 3. The van der Waals surface area contributed by atoms with Crippen molar-refractivity contribution in [3.05, 3.63) is 35.9 Å². The van der Waals surface area contributed by atoms with Crippen molar-refractivity contribution in [2.45, 2.75) is 24.9 Å². The van der Waals surface area contributed by atoms with Gasteiger partial charge in [-0.15, -0.1) is 0 Å². The maximum Gasteiger partial charge on any atom is 0.196 e. The highest BCUT2D eigenvalue weighted by Gasteiger charge is 2.44. The van der Waals surface area contributed by atoms with E-state index in [1.54, 1.807) is 21.3 Å². The first-order valence-electron chi connectivity index (χ1n) is 6.63. The Bertz CT molecular complexity index is 378. The molecule has 0 N–H and O–H groups in total. The second kappa shape index (κ2) is 6.48. The van der Waals surface area contributed by atoms with Gasteiger partial charge in [-0.2, -0.15) is 0 Å². The molecule has 0 aliphatic carbocycles. The van der Waals surface area contributed by atoms with E-state index in [1.807, 2.05) is 6.07 Å². The van der Waals surface area contributed by atoms with Crippen LogP contribution in [-0.2, 0) is 20.8 Å². The molecule has 0 bridgehead atoms. The summed E-state index contributed by atoms with van der Waals surface area (Å²) in [5.74, 6) is -0.609. The molecule has 19 heavy (non-hydrogen) atoms. The Morgan fingerprint density at radius 2 is 1.84 bits per heavy atom. The summed E-state index contributed by atoms with van der Waals surface area (Å²) in [6.07, 6.45) is 0.741. The number of hydrogen-bond acceptors (Lipinski definition) is 4. The molecule has 1 fully saturated rings. The van der Waals surface area contributed by atoms with E-state index in [4.69, 9.17) is 14.2 Å². The van der Waals surface area contributed by atoms with Crippen molar-refractivity contribution < 1.29 is 14.2 Å². The van der Waals surface area contributed by atoms with E-state index < -0.39 is 5.79 Å². The molecule has 1 heterocycles. The number of nitrogens with zero attached hydrogens (tertiary/aromatic N) is 1. The van der Waals surface area contributed by atoms with E-state index in [9.17, 15) is 0 Å². The Hall–Kier alpha value is -0.940. The summed E-state index contributed by atoms with van der Waals surface area (Å²) in [5.41, 5.74) is 1.32. The van der Waals surface area contributed by atoms with Crippen LogP contribution in [0.5, 0.6) is 0 Å². The zero-order valence-electron chi connectivity index (χ0n) is 12.0. The summed E-state index contributed by atoms with van der Waals surface area (Å²) in [4.78, 5) is 2.37. The first-order chi connectivity index (χ1) is 9.24. The van der Waals surface area contributed by atoms with E-state index >= 15 is 0 Å².